The molecule has 4 aliphatic carbocycles. The maximum absolute atomic E-state index is 13.3. The summed E-state index contributed by atoms with van der Waals surface area (Å²) in [6.07, 6.45) is 9.21. The number of ketones is 3. The van der Waals surface area contributed by atoms with Gasteiger partial charge in [-0.3, -0.25) is 14.4 Å². The number of carbonyl (C=O) groups is 3. The summed E-state index contributed by atoms with van der Waals surface area (Å²) in [6, 6.07) is 0. The summed E-state index contributed by atoms with van der Waals surface area (Å²) < 4.78 is 0. The third-order valence-electron chi connectivity index (χ3n) is 7.80. The Balaban J connectivity index is 1.73. The van der Waals surface area contributed by atoms with Gasteiger partial charge in [-0.2, -0.15) is 0 Å². The molecule has 25 heavy (non-hydrogen) atoms. The Bertz CT molecular complexity index is 717. The highest BCUT2D eigenvalue weighted by molar-refractivity contribution is 6.01. The molecular formula is C21H26O4. The fourth-order valence-corrected chi connectivity index (χ4v) is 6.67. The van der Waals surface area contributed by atoms with Crippen LogP contribution in [0, 0.1) is 34.5 Å². The Morgan fingerprint density at radius 2 is 2.00 bits per heavy atom. The third-order valence-corrected chi connectivity index (χ3v) is 7.80. The molecule has 0 bridgehead atoms. The second kappa shape index (κ2) is 5.47. The van der Waals surface area contributed by atoms with E-state index in [2.05, 4.69) is 13.8 Å². The minimum absolute atomic E-state index is 0.0218. The first-order valence-corrected chi connectivity index (χ1v) is 9.42. The van der Waals surface area contributed by atoms with E-state index >= 15 is 0 Å². The molecule has 4 aliphatic rings. The molecule has 0 aromatic heterocycles. The number of hydrogen-bond acceptors (Lipinski definition) is 4. The zero-order chi connectivity index (χ0) is 18.0. The van der Waals surface area contributed by atoms with Crippen molar-refractivity contribution < 1.29 is 19.5 Å². The Kier molecular flexibility index (Phi) is 3.70. The minimum atomic E-state index is -0.426. The minimum Gasteiger partial charge on any atom is -0.389 e. The lowest BCUT2D eigenvalue weighted by atomic mass is 9.47. The highest BCUT2D eigenvalue weighted by atomic mass is 16.3. The lowest BCUT2D eigenvalue weighted by molar-refractivity contribution is -0.146. The molecule has 134 valence electrons. The van der Waals surface area contributed by atoms with E-state index in [9.17, 15) is 19.5 Å². The molecule has 0 heterocycles. The molecule has 0 aliphatic heterocycles. The molecule has 0 unspecified atom stereocenters. The van der Waals surface area contributed by atoms with Crippen LogP contribution in [0.15, 0.2) is 23.8 Å². The fourth-order valence-electron chi connectivity index (χ4n) is 6.67. The van der Waals surface area contributed by atoms with Crippen LogP contribution in [0.25, 0.3) is 0 Å². The van der Waals surface area contributed by atoms with Crippen molar-refractivity contribution in [3.63, 3.8) is 0 Å². The lowest BCUT2D eigenvalue weighted by Gasteiger charge is -2.55. The van der Waals surface area contributed by atoms with Gasteiger partial charge in [0.05, 0.1) is 0 Å². The van der Waals surface area contributed by atoms with Crippen LogP contribution in [0.3, 0.4) is 0 Å². The molecule has 1 N–H and O–H groups in total. The average Bonchev–Trinajstić information content (AvgIpc) is 2.91. The third kappa shape index (κ3) is 2.19. The summed E-state index contributed by atoms with van der Waals surface area (Å²) in [6.45, 7) is 3.76. The SMILES string of the molecule is C[C@@]12CC(=O)[C@H]3[C@@H](CCC4=CC(=O)C=C[C@]43C)[C@@H]1CC[C@@H]2C(=O)CO. The first-order valence-electron chi connectivity index (χ1n) is 9.42. The van der Waals surface area contributed by atoms with E-state index in [0.717, 1.165) is 31.3 Å². The van der Waals surface area contributed by atoms with Crippen molar-refractivity contribution in [1.82, 2.24) is 0 Å². The summed E-state index contributed by atoms with van der Waals surface area (Å²) in [5.41, 5.74) is 0.428. The van der Waals surface area contributed by atoms with Gasteiger partial charge in [0.25, 0.3) is 0 Å². The maximum Gasteiger partial charge on any atom is 0.178 e. The lowest BCUT2D eigenvalue weighted by Crippen LogP contribution is -2.54. The number of fused-ring (bicyclic) bond motifs is 5. The van der Waals surface area contributed by atoms with Crippen LogP contribution in [0.4, 0.5) is 0 Å². The summed E-state index contributed by atoms with van der Waals surface area (Å²) in [5.74, 6) is 0.477. The predicted octanol–water partition coefficient (Wildman–Crippen LogP) is 2.65. The van der Waals surface area contributed by atoms with Crippen LogP contribution < -0.4 is 0 Å². The van der Waals surface area contributed by atoms with Crippen molar-refractivity contribution in [3.8, 4) is 0 Å². The smallest absolute Gasteiger partial charge is 0.178 e. The highest BCUT2D eigenvalue weighted by Crippen LogP contribution is 2.64. The molecule has 6 atom stereocenters. The second-order valence-corrected chi connectivity index (χ2v) is 8.88. The van der Waals surface area contributed by atoms with Crippen LogP contribution in [0.2, 0.25) is 0 Å². The molecule has 0 spiro atoms. The topological polar surface area (TPSA) is 71.4 Å². The quantitative estimate of drug-likeness (QED) is 0.837. The number of aliphatic hydroxyl groups is 1. The van der Waals surface area contributed by atoms with E-state index in [0.29, 0.717) is 12.3 Å². The molecule has 4 rings (SSSR count). The van der Waals surface area contributed by atoms with E-state index in [1.807, 2.05) is 6.08 Å². The van der Waals surface area contributed by atoms with Gasteiger partial charge in [-0.25, -0.2) is 0 Å². The van der Waals surface area contributed by atoms with Crippen LogP contribution in [0.1, 0.15) is 46.0 Å². The van der Waals surface area contributed by atoms with E-state index in [-0.39, 0.29) is 45.9 Å². The first kappa shape index (κ1) is 16.9. The Morgan fingerprint density at radius 3 is 2.72 bits per heavy atom. The van der Waals surface area contributed by atoms with Crippen molar-refractivity contribution in [2.24, 2.45) is 34.5 Å². The average molecular weight is 342 g/mol. The number of carbonyl (C=O) groups excluding carboxylic acids is 3. The molecular weight excluding hydrogens is 316 g/mol. The molecule has 3 saturated carbocycles. The van der Waals surface area contributed by atoms with Gasteiger partial charge >= 0.3 is 0 Å². The number of allylic oxidation sites excluding steroid dienone is 4. The van der Waals surface area contributed by atoms with Crippen LogP contribution in [-0.2, 0) is 14.4 Å². The number of rotatable bonds is 2. The van der Waals surface area contributed by atoms with Gasteiger partial charge in [0, 0.05) is 23.7 Å². The monoisotopic (exact) mass is 342 g/mol. The maximum atomic E-state index is 13.3. The fraction of sp³-hybridized carbons (Fsp3) is 0.667. The van der Waals surface area contributed by atoms with E-state index in [1.165, 1.54) is 0 Å². The van der Waals surface area contributed by atoms with Crippen molar-refractivity contribution >= 4 is 17.3 Å². The van der Waals surface area contributed by atoms with Crippen LogP contribution >= 0.6 is 0 Å². The van der Waals surface area contributed by atoms with Gasteiger partial charge in [0.2, 0.25) is 0 Å². The highest BCUT2D eigenvalue weighted by Gasteiger charge is 2.62. The molecule has 0 aromatic rings. The molecule has 3 fully saturated rings. The molecule has 0 aromatic carbocycles. The van der Waals surface area contributed by atoms with Crippen molar-refractivity contribution in [3.05, 3.63) is 23.8 Å². The first-order chi connectivity index (χ1) is 11.8. The van der Waals surface area contributed by atoms with E-state index in [1.54, 1.807) is 12.2 Å². The molecule has 4 nitrogen and oxygen atoms in total. The summed E-state index contributed by atoms with van der Waals surface area (Å²) in [5, 5.41) is 9.34. The molecule has 0 saturated heterocycles. The second-order valence-electron chi connectivity index (χ2n) is 8.88. The van der Waals surface area contributed by atoms with Crippen LogP contribution in [-0.4, -0.2) is 29.1 Å². The molecule has 0 radical (unpaired) electrons. The zero-order valence-electron chi connectivity index (χ0n) is 15.0. The summed E-state index contributed by atoms with van der Waals surface area (Å²) in [4.78, 5) is 37.3. The Morgan fingerprint density at radius 1 is 1.24 bits per heavy atom. The van der Waals surface area contributed by atoms with Crippen molar-refractivity contribution in [2.45, 2.75) is 46.0 Å². The largest absolute Gasteiger partial charge is 0.389 e. The standard InChI is InChI=1S/C21H26O4/c1-20-8-7-13(23)9-12(20)3-4-14-15-5-6-16(18(25)11-22)21(15,2)10-17(24)19(14)20/h7-9,14-16,19,22H,3-6,10-11H2,1-2H3/t14-,15-,16+,19+,20+,21+/m0/s1. The van der Waals surface area contributed by atoms with E-state index in [4.69, 9.17) is 0 Å². The number of hydrogen-bond donors (Lipinski definition) is 1. The normalized spacial score (nSPS) is 45.5. The molecule has 0 amide bonds. The van der Waals surface area contributed by atoms with Crippen molar-refractivity contribution in [1.29, 1.82) is 0 Å². The van der Waals surface area contributed by atoms with Gasteiger partial charge in [-0.1, -0.05) is 25.5 Å². The number of aliphatic hydroxyl groups excluding tert-OH is 1. The van der Waals surface area contributed by atoms with Gasteiger partial charge < -0.3 is 5.11 Å². The predicted molar refractivity (Wildman–Crippen MR) is 92.6 cm³/mol. The summed E-state index contributed by atoms with van der Waals surface area (Å²) >= 11 is 0. The van der Waals surface area contributed by atoms with Crippen molar-refractivity contribution in [2.75, 3.05) is 6.61 Å². The number of Topliss-reactive ketones (excluding diaryl/α,β-unsaturated/α-hetero) is 2. The van der Waals surface area contributed by atoms with Crippen LogP contribution in [0.5, 0.6) is 0 Å². The Labute approximate surface area is 148 Å². The zero-order valence-corrected chi connectivity index (χ0v) is 15.0. The summed E-state index contributed by atoms with van der Waals surface area (Å²) in [7, 11) is 0. The van der Waals surface area contributed by atoms with E-state index < -0.39 is 6.61 Å². The van der Waals surface area contributed by atoms with Gasteiger partial charge in [-0.15, -0.1) is 0 Å². The Hall–Kier alpha value is -1.55. The molecule has 4 heteroatoms. The van der Waals surface area contributed by atoms with Gasteiger partial charge in [0.1, 0.15) is 12.4 Å². The van der Waals surface area contributed by atoms with Gasteiger partial charge in [-0.05, 0) is 55.1 Å². The van der Waals surface area contributed by atoms with Gasteiger partial charge in [0.15, 0.2) is 11.6 Å².